The van der Waals surface area contributed by atoms with Gasteiger partial charge >= 0.3 is 11.9 Å². The third kappa shape index (κ3) is 4.33. The predicted molar refractivity (Wildman–Crippen MR) is 103 cm³/mol. The lowest BCUT2D eigenvalue weighted by atomic mass is 9.63. The van der Waals surface area contributed by atoms with Crippen molar-refractivity contribution in [1.82, 2.24) is 0 Å². The van der Waals surface area contributed by atoms with Crippen molar-refractivity contribution in [1.29, 1.82) is 0 Å². The van der Waals surface area contributed by atoms with Crippen LogP contribution >= 0.6 is 0 Å². The summed E-state index contributed by atoms with van der Waals surface area (Å²) < 4.78 is 11.1. The van der Waals surface area contributed by atoms with E-state index in [1.165, 1.54) is 6.92 Å². The van der Waals surface area contributed by atoms with Gasteiger partial charge in [-0.05, 0) is 56.4 Å². The Bertz CT molecular complexity index is 660. The van der Waals surface area contributed by atoms with E-state index in [1.54, 1.807) is 26.8 Å². The van der Waals surface area contributed by atoms with E-state index in [9.17, 15) is 14.4 Å². The molecule has 2 fully saturated rings. The zero-order valence-electron chi connectivity index (χ0n) is 17.3. The molecule has 0 heterocycles. The summed E-state index contributed by atoms with van der Waals surface area (Å²) in [5, 5.41) is 0. The number of rotatable bonds is 5. The number of allylic oxidation sites excluding steroid dienone is 1. The minimum Gasteiger partial charge on any atom is -0.462 e. The number of hydrogen-bond acceptors (Lipinski definition) is 5. The van der Waals surface area contributed by atoms with Gasteiger partial charge in [-0.2, -0.15) is 0 Å². The van der Waals surface area contributed by atoms with Gasteiger partial charge in [-0.25, -0.2) is 4.79 Å². The second kappa shape index (κ2) is 8.41. The van der Waals surface area contributed by atoms with Gasteiger partial charge in [0.1, 0.15) is 18.0 Å². The Hall–Kier alpha value is -1.91. The highest BCUT2D eigenvalue weighted by atomic mass is 16.5. The molecule has 5 nitrogen and oxygen atoms in total. The van der Waals surface area contributed by atoms with Gasteiger partial charge in [0.2, 0.25) is 0 Å². The van der Waals surface area contributed by atoms with Crippen molar-refractivity contribution in [2.24, 2.45) is 29.6 Å². The van der Waals surface area contributed by atoms with Crippen LogP contribution in [0.5, 0.6) is 0 Å². The molecular formula is C22H32O5. The first-order chi connectivity index (χ1) is 12.6. The maximum absolute atomic E-state index is 12.8. The molecule has 2 rings (SSSR count). The van der Waals surface area contributed by atoms with Crippen molar-refractivity contribution < 1.29 is 23.9 Å². The van der Waals surface area contributed by atoms with Crippen molar-refractivity contribution in [3.05, 3.63) is 23.8 Å². The Kier molecular flexibility index (Phi) is 6.66. The van der Waals surface area contributed by atoms with Gasteiger partial charge in [-0.3, -0.25) is 9.59 Å². The van der Waals surface area contributed by atoms with Gasteiger partial charge < -0.3 is 9.47 Å². The zero-order valence-corrected chi connectivity index (χ0v) is 17.3. The van der Waals surface area contributed by atoms with Gasteiger partial charge in [0.05, 0.1) is 5.92 Å². The van der Waals surface area contributed by atoms with Crippen LogP contribution in [0.15, 0.2) is 23.8 Å². The molecule has 0 aromatic carbocycles. The SMILES string of the molecule is C=C1[C@H](OC(=O)/C(C)=C\C)C[C@@H](C(C)C)[C@@H]2[C@@H]([C@@H](C)OC(C)=O)C(=O)C[C@@H]12. The average molecular weight is 376 g/mol. The summed E-state index contributed by atoms with van der Waals surface area (Å²) in [6.07, 6.45) is 1.92. The summed E-state index contributed by atoms with van der Waals surface area (Å²) in [7, 11) is 0. The lowest BCUT2D eigenvalue weighted by molar-refractivity contribution is -0.153. The highest BCUT2D eigenvalue weighted by Gasteiger charge is 2.55. The highest BCUT2D eigenvalue weighted by molar-refractivity contribution is 5.88. The van der Waals surface area contributed by atoms with Gasteiger partial charge in [-0.1, -0.05) is 26.5 Å². The maximum Gasteiger partial charge on any atom is 0.333 e. The van der Waals surface area contributed by atoms with E-state index in [-0.39, 0.29) is 47.5 Å². The van der Waals surface area contributed by atoms with E-state index in [4.69, 9.17) is 9.47 Å². The van der Waals surface area contributed by atoms with Gasteiger partial charge in [0.25, 0.3) is 0 Å². The molecule has 0 unspecified atom stereocenters. The summed E-state index contributed by atoms with van der Waals surface area (Å²) >= 11 is 0. The van der Waals surface area contributed by atoms with Crippen molar-refractivity contribution in [3.63, 3.8) is 0 Å². The minimum absolute atomic E-state index is 0.0367. The fourth-order valence-corrected chi connectivity index (χ4v) is 4.78. The lowest BCUT2D eigenvalue weighted by Gasteiger charge is -2.44. The molecule has 0 aromatic rings. The molecule has 0 radical (unpaired) electrons. The number of ketones is 1. The quantitative estimate of drug-likeness (QED) is 0.414. The number of carbonyl (C=O) groups excluding carboxylic acids is 3. The molecule has 0 amide bonds. The van der Waals surface area contributed by atoms with Gasteiger partial charge in [0.15, 0.2) is 0 Å². The van der Waals surface area contributed by atoms with E-state index in [0.717, 1.165) is 5.57 Å². The van der Waals surface area contributed by atoms with Crippen LogP contribution < -0.4 is 0 Å². The molecule has 27 heavy (non-hydrogen) atoms. The Labute approximate surface area is 162 Å². The molecule has 2 aliphatic carbocycles. The van der Waals surface area contributed by atoms with Crippen LogP contribution in [0.4, 0.5) is 0 Å². The second-order valence-corrected chi connectivity index (χ2v) is 8.28. The molecule has 6 atom stereocenters. The van der Waals surface area contributed by atoms with Gasteiger partial charge in [0, 0.05) is 18.9 Å². The number of esters is 2. The lowest BCUT2D eigenvalue weighted by Crippen LogP contribution is -2.44. The van der Waals surface area contributed by atoms with Crippen molar-refractivity contribution in [2.75, 3.05) is 0 Å². The molecule has 150 valence electrons. The van der Waals surface area contributed by atoms with Crippen LogP contribution in [0, 0.1) is 29.6 Å². The molecule has 0 N–H and O–H groups in total. The predicted octanol–water partition coefficient (Wildman–Crippen LogP) is 3.87. The number of carbonyl (C=O) groups is 3. The Morgan fingerprint density at radius 2 is 1.85 bits per heavy atom. The van der Waals surface area contributed by atoms with Crippen LogP contribution in [0.1, 0.15) is 54.4 Å². The van der Waals surface area contributed by atoms with Crippen molar-refractivity contribution in [3.8, 4) is 0 Å². The fourth-order valence-electron chi connectivity index (χ4n) is 4.78. The van der Waals surface area contributed by atoms with E-state index in [2.05, 4.69) is 20.4 Å². The van der Waals surface area contributed by atoms with Crippen LogP contribution in [-0.2, 0) is 23.9 Å². The summed E-state index contributed by atoms with van der Waals surface area (Å²) in [6, 6.07) is 0. The zero-order chi connectivity index (χ0) is 20.5. The molecule has 0 bridgehead atoms. The summed E-state index contributed by atoms with van der Waals surface area (Å²) in [5.74, 6) is -0.380. The largest absolute Gasteiger partial charge is 0.462 e. The first-order valence-corrected chi connectivity index (χ1v) is 9.80. The first-order valence-electron chi connectivity index (χ1n) is 9.80. The Morgan fingerprint density at radius 3 is 2.37 bits per heavy atom. The highest BCUT2D eigenvalue weighted by Crippen LogP contribution is 2.53. The third-order valence-electron chi connectivity index (χ3n) is 6.26. The number of ether oxygens (including phenoxy) is 2. The standard InChI is InChI=1S/C22H32O5/c1-8-12(4)22(25)27-19-10-16(11(2)3)21-17(13(19)5)9-18(24)20(21)14(6)26-15(7)23/h8,11,14,16-17,19-21H,5,9-10H2,1-4,6-7H3/b12-8-/t14-,16+,17+,19-,20+,21+/m1/s1. The third-order valence-corrected chi connectivity index (χ3v) is 6.26. The van der Waals surface area contributed by atoms with E-state index >= 15 is 0 Å². The molecule has 0 saturated heterocycles. The molecule has 0 aliphatic heterocycles. The van der Waals surface area contributed by atoms with Crippen molar-refractivity contribution in [2.45, 2.75) is 66.6 Å². The average Bonchev–Trinajstić information content (AvgIpc) is 2.92. The maximum atomic E-state index is 12.8. The van der Waals surface area contributed by atoms with Crippen LogP contribution in [0.25, 0.3) is 0 Å². The Morgan fingerprint density at radius 1 is 1.22 bits per heavy atom. The summed E-state index contributed by atoms with van der Waals surface area (Å²) in [6.45, 7) is 15.2. The van der Waals surface area contributed by atoms with Gasteiger partial charge in [-0.15, -0.1) is 0 Å². The first kappa shape index (κ1) is 21.4. The van der Waals surface area contributed by atoms with E-state index in [1.807, 2.05) is 0 Å². The fraction of sp³-hybridized carbons (Fsp3) is 0.682. The molecule has 0 spiro atoms. The minimum atomic E-state index is -0.455. The molecular weight excluding hydrogens is 344 g/mol. The molecule has 2 aliphatic rings. The van der Waals surface area contributed by atoms with E-state index in [0.29, 0.717) is 24.3 Å². The summed E-state index contributed by atoms with van der Waals surface area (Å²) in [5.41, 5.74) is 1.38. The molecule has 0 aromatic heterocycles. The summed E-state index contributed by atoms with van der Waals surface area (Å²) in [4.78, 5) is 36.5. The Balaban J connectivity index is 2.30. The number of fused-ring (bicyclic) bond motifs is 1. The second-order valence-electron chi connectivity index (χ2n) is 8.28. The monoisotopic (exact) mass is 376 g/mol. The smallest absolute Gasteiger partial charge is 0.333 e. The molecule has 5 heteroatoms. The van der Waals surface area contributed by atoms with E-state index < -0.39 is 6.10 Å². The number of hydrogen-bond donors (Lipinski definition) is 0. The van der Waals surface area contributed by atoms with Crippen LogP contribution in [0.2, 0.25) is 0 Å². The normalized spacial score (nSPS) is 32.3. The number of Topliss-reactive ketones (excluding diaryl/α,β-unsaturated/α-hetero) is 1. The molecule has 2 saturated carbocycles. The van der Waals surface area contributed by atoms with Crippen LogP contribution in [0.3, 0.4) is 0 Å². The van der Waals surface area contributed by atoms with Crippen LogP contribution in [-0.4, -0.2) is 29.9 Å². The van der Waals surface area contributed by atoms with Crippen molar-refractivity contribution >= 4 is 17.7 Å². The topological polar surface area (TPSA) is 69.7 Å².